The zero-order chi connectivity index (χ0) is 13.6. The number of aliphatic hydroxyl groups excluding tert-OH is 1. The average Bonchev–Trinajstić information content (AvgIpc) is 2.59. The van der Waals surface area contributed by atoms with E-state index < -0.39 is 0 Å². The van der Waals surface area contributed by atoms with Crippen LogP contribution in [0.3, 0.4) is 0 Å². The first-order valence-corrected chi connectivity index (χ1v) is 7.25. The lowest BCUT2D eigenvalue weighted by molar-refractivity contribution is -0.123. The van der Waals surface area contributed by atoms with Crippen LogP contribution < -0.4 is 5.32 Å². The molecule has 0 aliphatic heterocycles. The van der Waals surface area contributed by atoms with Crippen LogP contribution in [0.1, 0.15) is 59.8 Å². The van der Waals surface area contributed by atoms with E-state index in [0.717, 1.165) is 12.3 Å². The van der Waals surface area contributed by atoms with E-state index in [1.54, 1.807) is 6.92 Å². The summed E-state index contributed by atoms with van der Waals surface area (Å²) in [5.74, 6) is 0.857. The van der Waals surface area contributed by atoms with Gasteiger partial charge in [-0.2, -0.15) is 0 Å². The van der Waals surface area contributed by atoms with E-state index in [0.29, 0.717) is 24.3 Å². The minimum absolute atomic E-state index is 0.102. The lowest BCUT2D eigenvalue weighted by Crippen LogP contribution is -2.46. The number of hydrogen-bond donors (Lipinski definition) is 2. The second kappa shape index (κ2) is 4.52. The summed E-state index contributed by atoms with van der Waals surface area (Å²) in [6.45, 7) is 8.77. The van der Waals surface area contributed by atoms with Gasteiger partial charge in [0.2, 0.25) is 5.91 Å². The van der Waals surface area contributed by atoms with Crippen molar-refractivity contribution in [2.45, 2.75) is 71.9 Å². The zero-order valence-corrected chi connectivity index (χ0v) is 12.1. The van der Waals surface area contributed by atoms with Crippen molar-refractivity contribution in [3.05, 3.63) is 0 Å². The molecule has 4 unspecified atom stereocenters. The van der Waals surface area contributed by atoms with Crippen molar-refractivity contribution in [1.82, 2.24) is 5.32 Å². The van der Waals surface area contributed by atoms with Crippen LogP contribution >= 0.6 is 0 Å². The predicted molar refractivity (Wildman–Crippen MR) is 72.1 cm³/mol. The number of aliphatic hydroxyl groups is 1. The predicted octanol–water partition coefficient (Wildman–Crippen LogP) is 2.48. The number of rotatable bonds is 4. The second-order valence-electron chi connectivity index (χ2n) is 7.12. The zero-order valence-electron chi connectivity index (χ0n) is 12.1. The molecule has 0 spiro atoms. The summed E-state index contributed by atoms with van der Waals surface area (Å²) in [6, 6.07) is 0.327. The van der Waals surface area contributed by atoms with Crippen LogP contribution in [0.15, 0.2) is 0 Å². The van der Waals surface area contributed by atoms with Gasteiger partial charge in [-0.3, -0.25) is 4.79 Å². The van der Waals surface area contributed by atoms with Gasteiger partial charge in [-0.15, -0.1) is 0 Å². The van der Waals surface area contributed by atoms with Gasteiger partial charge in [0.1, 0.15) is 0 Å². The van der Waals surface area contributed by atoms with E-state index >= 15 is 0 Å². The maximum atomic E-state index is 11.9. The first-order chi connectivity index (χ1) is 8.27. The quantitative estimate of drug-likeness (QED) is 0.808. The van der Waals surface area contributed by atoms with Gasteiger partial charge in [-0.05, 0) is 49.4 Å². The molecule has 0 radical (unpaired) electrons. The van der Waals surface area contributed by atoms with Crippen LogP contribution in [-0.4, -0.2) is 23.2 Å². The molecular formula is C15H27NO2. The van der Waals surface area contributed by atoms with Gasteiger partial charge in [-0.25, -0.2) is 0 Å². The maximum absolute atomic E-state index is 11.9. The summed E-state index contributed by atoms with van der Waals surface area (Å²) in [7, 11) is 0. The maximum Gasteiger partial charge on any atom is 0.220 e. The summed E-state index contributed by atoms with van der Waals surface area (Å²) in [5.41, 5.74) is 0.591. The van der Waals surface area contributed by atoms with E-state index in [4.69, 9.17) is 0 Å². The van der Waals surface area contributed by atoms with E-state index in [2.05, 4.69) is 26.1 Å². The van der Waals surface area contributed by atoms with Crippen molar-refractivity contribution in [2.75, 3.05) is 0 Å². The van der Waals surface area contributed by atoms with Gasteiger partial charge in [0, 0.05) is 12.5 Å². The molecule has 0 saturated heterocycles. The van der Waals surface area contributed by atoms with Crippen LogP contribution in [0.5, 0.6) is 0 Å². The highest BCUT2D eigenvalue weighted by Gasteiger charge is 2.61. The van der Waals surface area contributed by atoms with Gasteiger partial charge in [0.05, 0.1) is 6.10 Å². The molecule has 0 aromatic carbocycles. The summed E-state index contributed by atoms with van der Waals surface area (Å²) in [4.78, 5) is 11.9. The molecule has 2 rings (SSSR count). The minimum atomic E-state index is -0.386. The highest BCUT2D eigenvalue weighted by molar-refractivity contribution is 5.76. The van der Waals surface area contributed by atoms with Gasteiger partial charge in [0.15, 0.2) is 0 Å². The molecule has 2 fully saturated rings. The van der Waals surface area contributed by atoms with E-state index in [-0.39, 0.29) is 17.4 Å². The van der Waals surface area contributed by atoms with Crippen molar-refractivity contribution in [1.29, 1.82) is 0 Å². The fraction of sp³-hybridized carbons (Fsp3) is 0.933. The monoisotopic (exact) mass is 253 g/mol. The molecule has 18 heavy (non-hydrogen) atoms. The smallest absolute Gasteiger partial charge is 0.220 e. The molecule has 1 amide bonds. The Balaban J connectivity index is 1.94. The van der Waals surface area contributed by atoms with Crippen LogP contribution in [0, 0.1) is 16.7 Å². The average molecular weight is 253 g/mol. The highest BCUT2D eigenvalue weighted by Crippen LogP contribution is 2.65. The van der Waals surface area contributed by atoms with Gasteiger partial charge in [-0.1, -0.05) is 20.8 Å². The minimum Gasteiger partial charge on any atom is -0.393 e. The van der Waals surface area contributed by atoms with Crippen molar-refractivity contribution in [2.24, 2.45) is 16.7 Å². The van der Waals surface area contributed by atoms with Crippen LogP contribution in [0.25, 0.3) is 0 Å². The lowest BCUT2D eigenvalue weighted by atomic mass is 9.69. The molecule has 0 aromatic heterocycles. The summed E-state index contributed by atoms with van der Waals surface area (Å²) < 4.78 is 0. The Morgan fingerprint density at radius 3 is 2.56 bits per heavy atom. The summed E-state index contributed by atoms with van der Waals surface area (Å²) >= 11 is 0. The summed E-state index contributed by atoms with van der Waals surface area (Å²) in [6.07, 6.45) is 4.28. The van der Waals surface area contributed by atoms with E-state index in [9.17, 15) is 9.90 Å². The molecular weight excluding hydrogens is 226 g/mol. The molecule has 3 nitrogen and oxygen atoms in total. The Bertz CT molecular complexity index is 337. The second-order valence-corrected chi connectivity index (χ2v) is 7.12. The number of nitrogens with one attached hydrogen (secondary N) is 1. The first-order valence-electron chi connectivity index (χ1n) is 7.25. The number of carbonyl (C=O) groups is 1. The number of amides is 1. The third-order valence-corrected chi connectivity index (χ3v) is 5.92. The number of carbonyl (C=O) groups excluding carboxylic acids is 1. The molecule has 0 aromatic rings. The lowest BCUT2D eigenvalue weighted by Gasteiger charge is -2.39. The number of fused-ring (bicyclic) bond motifs is 2. The van der Waals surface area contributed by atoms with Crippen molar-refractivity contribution >= 4 is 5.91 Å². The molecule has 2 aliphatic rings. The van der Waals surface area contributed by atoms with Crippen LogP contribution in [-0.2, 0) is 4.79 Å². The van der Waals surface area contributed by atoms with E-state index in [1.165, 1.54) is 12.8 Å². The van der Waals surface area contributed by atoms with Gasteiger partial charge < -0.3 is 10.4 Å². The molecule has 2 N–H and O–H groups in total. The number of hydrogen-bond acceptors (Lipinski definition) is 2. The fourth-order valence-corrected chi connectivity index (χ4v) is 4.03. The molecule has 4 atom stereocenters. The largest absolute Gasteiger partial charge is 0.393 e. The topological polar surface area (TPSA) is 49.3 Å². The Hall–Kier alpha value is -0.570. The molecule has 0 heterocycles. The summed E-state index contributed by atoms with van der Waals surface area (Å²) in [5, 5.41) is 12.4. The SMILES string of the molecule is CC(O)CCC(=O)NC1CC2CCC1(C)C2(C)C. The Morgan fingerprint density at radius 1 is 1.44 bits per heavy atom. The Kier molecular flexibility index (Phi) is 3.48. The third-order valence-electron chi connectivity index (χ3n) is 5.92. The first kappa shape index (κ1) is 13.9. The van der Waals surface area contributed by atoms with Crippen LogP contribution in [0.2, 0.25) is 0 Å². The normalized spacial score (nSPS) is 38.7. The Labute approximate surface area is 110 Å². The van der Waals surface area contributed by atoms with Crippen molar-refractivity contribution in [3.8, 4) is 0 Å². The fourth-order valence-electron chi connectivity index (χ4n) is 4.03. The van der Waals surface area contributed by atoms with Crippen molar-refractivity contribution < 1.29 is 9.90 Å². The highest BCUT2D eigenvalue weighted by atomic mass is 16.3. The van der Waals surface area contributed by atoms with Gasteiger partial charge >= 0.3 is 0 Å². The molecule has 2 aliphatic carbocycles. The molecule has 2 saturated carbocycles. The van der Waals surface area contributed by atoms with Crippen molar-refractivity contribution in [3.63, 3.8) is 0 Å². The molecule has 3 heteroatoms. The molecule has 104 valence electrons. The Morgan fingerprint density at radius 2 is 2.11 bits per heavy atom. The molecule has 2 bridgehead atoms. The third kappa shape index (κ3) is 2.07. The van der Waals surface area contributed by atoms with Gasteiger partial charge in [0.25, 0.3) is 0 Å². The van der Waals surface area contributed by atoms with Crippen LogP contribution in [0.4, 0.5) is 0 Å². The van der Waals surface area contributed by atoms with E-state index in [1.807, 2.05) is 0 Å². The standard InChI is InChI=1S/C15H27NO2/c1-10(17)5-6-13(18)16-12-9-11-7-8-15(12,4)14(11,2)3/h10-12,17H,5-9H2,1-4H3,(H,16,18).